The van der Waals surface area contributed by atoms with Gasteiger partial charge in [0.2, 0.25) is 5.91 Å². The minimum Gasteiger partial charge on any atom is -0.370 e. The molecule has 0 saturated carbocycles. The van der Waals surface area contributed by atoms with Gasteiger partial charge in [-0.3, -0.25) is 4.79 Å². The summed E-state index contributed by atoms with van der Waals surface area (Å²) in [6, 6.07) is 0.557. The lowest BCUT2D eigenvalue weighted by Gasteiger charge is -2.35. The van der Waals surface area contributed by atoms with Crippen molar-refractivity contribution in [2.75, 3.05) is 26.2 Å². The Labute approximate surface area is 111 Å². The number of likely N-dealkylation sites (tertiary alicyclic amines) is 1. The third kappa shape index (κ3) is 5.83. The highest BCUT2D eigenvalue weighted by Gasteiger charge is 2.22. The molecule has 0 bridgehead atoms. The molecule has 1 fully saturated rings. The molecule has 0 spiro atoms. The van der Waals surface area contributed by atoms with Crippen LogP contribution in [0.4, 0.5) is 0 Å². The van der Waals surface area contributed by atoms with Crippen molar-refractivity contribution in [3.05, 3.63) is 0 Å². The van der Waals surface area contributed by atoms with Crippen LogP contribution in [0.15, 0.2) is 0 Å². The number of hydrogen-bond donors (Lipinski definition) is 2. The summed E-state index contributed by atoms with van der Waals surface area (Å²) in [4.78, 5) is 13.2. The van der Waals surface area contributed by atoms with E-state index in [4.69, 9.17) is 5.73 Å². The van der Waals surface area contributed by atoms with Crippen LogP contribution >= 0.6 is 0 Å². The van der Waals surface area contributed by atoms with Crippen molar-refractivity contribution in [1.29, 1.82) is 0 Å². The lowest BCUT2D eigenvalue weighted by Crippen LogP contribution is -2.42. The Morgan fingerprint density at radius 2 is 2.11 bits per heavy atom. The second kappa shape index (κ2) is 8.48. The van der Waals surface area contributed by atoms with Gasteiger partial charge in [-0.1, -0.05) is 6.92 Å². The van der Waals surface area contributed by atoms with E-state index in [2.05, 4.69) is 24.1 Å². The van der Waals surface area contributed by atoms with E-state index in [1.54, 1.807) is 0 Å². The van der Waals surface area contributed by atoms with E-state index in [1.165, 1.54) is 38.9 Å². The first kappa shape index (κ1) is 15.4. The van der Waals surface area contributed by atoms with Gasteiger partial charge in [0.15, 0.2) is 0 Å². The zero-order valence-corrected chi connectivity index (χ0v) is 12.0. The Bertz CT molecular complexity index is 237. The lowest BCUT2D eigenvalue weighted by molar-refractivity contribution is -0.118. The zero-order chi connectivity index (χ0) is 13.4. The Balaban J connectivity index is 2.11. The number of amides is 1. The van der Waals surface area contributed by atoms with Gasteiger partial charge in [0, 0.05) is 12.5 Å². The van der Waals surface area contributed by atoms with E-state index in [0.717, 1.165) is 18.9 Å². The largest absolute Gasteiger partial charge is 0.370 e. The molecule has 1 aliphatic rings. The monoisotopic (exact) mass is 255 g/mol. The summed E-state index contributed by atoms with van der Waals surface area (Å²) < 4.78 is 0. The molecule has 18 heavy (non-hydrogen) atoms. The number of piperidine rings is 1. The number of nitrogens with one attached hydrogen (secondary N) is 1. The SMILES string of the molecule is CCCN1CCC(C(C)NCCCC(N)=O)CC1. The Morgan fingerprint density at radius 3 is 2.67 bits per heavy atom. The van der Waals surface area contributed by atoms with Crippen LogP contribution in [0.5, 0.6) is 0 Å². The fourth-order valence-corrected chi connectivity index (χ4v) is 2.75. The molecule has 4 nitrogen and oxygen atoms in total. The normalized spacial score (nSPS) is 19.9. The van der Waals surface area contributed by atoms with Gasteiger partial charge in [0.25, 0.3) is 0 Å². The van der Waals surface area contributed by atoms with Crippen molar-refractivity contribution in [3.63, 3.8) is 0 Å². The van der Waals surface area contributed by atoms with Gasteiger partial charge in [-0.05, 0) is 64.7 Å². The predicted molar refractivity (Wildman–Crippen MR) is 75.3 cm³/mol. The number of primary amides is 1. The van der Waals surface area contributed by atoms with Gasteiger partial charge in [0.05, 0.1) is 0 Å². The van der Waals surface area contributed by atoms with Crippen LogP contribution in [0, 0.1) is 5.92 Å². The number of hydrogen-bond acceptors (Lipinski definition) is 3. The smallest absolute Gasteiger partial charge is 0.217 e. The third-order valence-electron chi connectivity index (χ3n) is 3.95. The molecule has 0 aromatic carbocycles. The van der Waals surface area contributed by atoms with Crippen LogP contribution in [-0.4, -0.2) is 43.0 Å². The molecule has 1 aliphatic heterocycles. The van der Waals surface area contributed by atoms with Gasteiger partial charge in [-0.25, -0.2) is 0 Å². The molecule has 106 valence electrons. The number of nitrogens with two attached hydrogens (primary N) is 1. The first-order chi connectivity index (χ1) is 8.63. The van der Waals surface area contributed by atoms with E-state index >= 15 is 0 Å². The Kier molecular flexibility index (Phi) is 7.28. The fourth-order valence-electron chi connectivity index (χ4n) is 2.75. The minimum atomic E-state index is -0.197. The Morgan fingerprint density at radius 1 is 1.44 bits per heavy atom. The summed E-state index contributed by atoms with van der Waals surface area (Å²) in [6.07, 6.45) is 5.20. The van der Waals surface area contributed by atoms with E-state index < -0.39 is 0 Å². The summed E-state index contributed by atoms with van der Waals surface area (Å²) in [6.45, 7) is 9.14. The van der Waals surface area contributed by atoms with E-state index in [0.29, 0.717) is 12.5 Å². The van der Waals surface area contributed by atoms with Gasteiger partial charge in [-0.15, -0.1) is 0 Å². The zero-order valence-electron chi connectivity index (χ0n) is 12.0. The molecule has 1 saturated heterocycles. The number of carbonyl (C=O) groups excluding carboxylic acids is 1. The Hall–Kier alpha value is -0.610. The maximum absolute atomic E-state index is 10.6. The van der Waals surface area contributed by atoms with Crippen molar-refractivity contribution >= 4 is 5.91 Å². The van der Waals surface area contributed by atoms with E-state index in [1.807, 2.05) is 0 Å². The van der Waals surface area contributed by atoms with Crippen LogP contribution in [0.2, 0.25) is 0 Å². The summed E-state index contributed by atoms with van der Waals surface area (Å²) in [5.41, 5.74) is 5.12. The van der Waals surface area contributed by atoms with Gasteiger partial charge >= 0.3 is 0 Å². The quantitative estimate of drug-likeness (QED) is 0.644. The molecule has 0 aliphatic carbocycles. The summed E-state index contributed by atoms with van der Waals surface area (Å²) >= 11 is 0. The summed E-state index contributed by atoms with van der Waals surface area (Å²) in [5.74, 6) is 0.587. The maximum Gasteiger partial charge on any atom is 0.217 e. The van der Waals surface area contributed by atoms with Crippen molar-refractivity contribution < 1.29 is 4.79 Å². The van der Waals surface area contributed by atoms with Crippen LogP contribution < -0.4 is 11.1 Å². The molecular weight excluding hydrogens is 226 g/mol. The molecular formula is C14H29N3O. The molecule has 4 heteroatoms. The molecule has 1 atom stereocenters. The minimum absolute atomic E-state index is 0.197. The van der Waals surface area contributed by atoms with Crippen molar-refractivity contribution in [2.24, 2.45) is 11.7 Å². The van der Waals surface area contributed by atoms with Crippen LogP contribution in [0.25, 0.3) is 0 Å². The van der Waals surface area contributed by atoms with Crippen LogP contribution in [0.1, 0.15) is 46.0 Å². The topological polar surface area (TPSA) is 58.4 Å². The number of nitrogens with zero attached hydrogens (tertiary/aromatic N) is 1. The number of carbonyl (C=O) groups is 1. The predicted octanol–water partition coefficient (Wildman–Crippen LogP) is 1.35. The molecule has 0 aromatic rings. The van der Waals surface area contributed by atoms with Crippen molar-refractivity contribution in [2.45, 2.75) is 52.0 Å². The molecule has 0 aromatic heterocycles. The second-order valence-electron chi connectivity index (χ2n) is 5.49. The molecule has 1 rings (SSSR count). The van der Waals surface area contributed by atoms with Gasteiger partial charge in [0.1, 0.15) is 0 Å². The van der Waals surface area contributed by atoms with E-state index in [-0.39, 0.29) is 5.91 Å². The highest BCUT2D eigenvalue weighted by atomic mass is 16.1. The van der Waals surface area contributed by atoms with Crippen LogP contribution in [-0.2, 0) is 4.79 Å². The van der Waals surface area contributed by atoms with Crippen molar-refractivity contribution in [3.8, 4) is 0 Å². The second-order valence-corrected chi connectivity index (χ2v) is 5.49. The maximum atomic E-state index is 10.6. The highest BCUT2D eigenvalue weighted by molar-refractivity contribution is 5.73. The molecule has 1 unspecified atom stereocenters. The highest BCUT2D eigenvalue weighted by Crippen LogP contribution is 2.20. The summed E-state index contributed by atoms with van der Waals surface area (Å²) in [7, 11) is 0. The van der Waals surface area contributed by atoms with Gasteiger partial charge < -0.3 is 16.0 Å². The molecule has 0 radical (unpaired) electrons. The van der Waals surface area contributed by atoms with Crippen LogP contribution in [0.3, 0.4) is 0 Å². The van der Waals surface area contributed by atoms with Gasteiger partial charge in [-0.2, -0.15) is 0 Å². The van der Waals surface area contributed by atoms with E-state index in [9.17, 15) is 4.79 Å². The first-order valence-electron chi connectivity index (χ1n) is 7.37. The average molecular weight is 255 g/mol. The van der Waals surface area contributed by atoms with Crippen molar-refractivity contribution in [1.82, 2.24) is 10.2 Å². The lowest BCUT2D eigenvalue weighted by atomic mass is 9.90. The standard InChI is InChI=1S/C14H29N3O/c1-3-9-17-10-6-13(7-11-17)12(2)16-8-4-5-14(15)18/h12-13,16H,3-11H2,1-2H3,(H2,15,18). The average Bonchev–Trinajstić information content (AvgIpc) is 2.35. The fraction of sp³-hybridized carbons (Fsp3) is 0.929. The molecule has 1 amide bonds. The number of rotatable bonds is 8. The molecule has 3 N–H and O–H groups in total. The first-order valence-corrected chi connectivity index (χ1v) is 7.37. The molecule has 1 heterocycles. The third-order valence-corrected chi connectivity index (χ3v) is 3.95. The summed E-state index contributed by atoms with van der Waals surface area (Å²) in [5, 5.41) is 3.53.